The van der Waals surface area contributed by atoms with Crippen molar-refractivity contribution in [2.24, 2.45) is 0 Å². The molecular formula is C9H10O2. The lowest BCUT2D eigenvalue weighted by Gasteiger charge is -1.96. The molecule has 1 aromatic rings. The van der Waals surface area contributed by atoms with Crippen LogP contribution in [0.5, 0.6) is 0 Å². The highest BCUT2D eigenvalue weighted by Gasteiger charge is 1.99. The van der Waals surface area contributed by atoms with Crippen LogP contribution in [0, 0.1) is 0 Å². The molecule has 0 aliphatic heterocycles. The molecule has 2 nitrogen and oxygen atoms in total. The molecule has 0 aromatic heterocycles. The number of carboxylic acids is 1. The summed E-state index contributed by atoms with van der Waals surface area (Å²) in [6.45, 7) is 1.43. The van der Waals surface area contributed by atoms with E-state index in [9.17, 15) is 4.79 Å². The molecule has 0 unspecified atom stereocenters. The highest BCUT2D eigenvalue weighted by Crippen LogP contribution is 2.04. The molecule has 0 heterocycles. The predicted octanol–water partition coefficient (Wildman–Crippen LogP) is 1.95. The minimum Gasteiger partial charge on any atom is -0.478 e. The summed E-state index contributed by atoms with van der Waals surface area (Å²) in [6, 6.07) is 5.78. The number of hydrogen-bond donors (Lipinski definition) is 1. The van der Waals surface area contributed by atoms with E-state index in [0.717, 1.165) is 0 Å². The van der Waals surface area contributed by atoms with Crippen LogP contribution in [0.1, 0.15) is 25.6 Å². The molecule has 1 aromatic carbocycles. The van der Waals surface area contributed by atoms with Gasteiger partial charge in [-0.3, -0.25) is 0 Å². The first kappa shape index (κ1) is 5.35. The lowest BCUT2D eigenvalue weighted by molar-refractivity contribution is 0.0697. The van der Waals surface area contributed by atoms with Gasteiger partial charge in [0.2, 0.25) is 0 Å². The number of hydrogen-bond acceptors (Lipinski definition) is 1. The molecule has 1 rings (SSSR count). The number of carboxylic acid groups (broad SMARTS) is 1. The van der Waals surface area contributed by atoms with Gasteiger partial charge in [-0.2, -0.15) is 0 Å². The first-order chi connectivity index (χ1) is 5.91. The summed E-state index contributed by atoms with van der Waals surface area (Å²) in [5, 5.41) is 8.58. The van der Waals surface area contributed by atoms with Crippen LogP contribution in [0.15, 0.2) is 24.3 Å². The molecule has 0 amide bonds. The summed E-state index contributed by atoms with van der Waals surface area (Å²) in [6.07, 6.45) is -1.42. The summed E-state index contributed by atoms with van der Waals surface area (Å²) in [5.74, 6) is -0.997. The summed E-state index contributed by atoms with van der Waals surface area (Å²) in [5.41, 5.74) is 0.658. The van der Waals surface area contributed by atoms with Gasteiger partial charge in [0.15, 0.2) is 0 Å². The maximum absolute atomic E-state index is 10.5. The Hall–Kier alpha value is -1.31. The molecule has 0 saturated carbocycles. The van der Waals surface area contributed by atoms with Crippen molar-refractivity contribution >= 4 is 5.97 Å². The van der Waals surface area contributed by atoms with E-state index in [-0.39, 0.29) is 5.56 Å². The maximum Gasteiger partial charge on any atom is 0.335 e. The van der Waals surface area contributed by atoms with E-state index in [4.69, 9.17) is 7.85 Å². The molecule has 0 radical (unpaired) electrons. The van der Waals surface area contributed by atoms with Gasteiger partial charge in [0.25, 0.3) is 0 Å². The first-order valence-corrected chi connectivity index (χ1v) is 3.25. The lowest BCUT2D eigenvalue weighted by Crippen LogP contribution is -1.95. The fraction of sp³-hybridized carbons (Fsp3) is 0.222. The van der Waals surface area contributed by atoms with Gasteiger partial charge in [-0.15, -0.1) is 0 Å². The molecule has 0 aliphatic carbocycles. The monoisotopic (exact) mass is 152 g/mol. The Morgan fingerprint density at radius 2 is 2.09 bits per heavy atom. The smallest absolute Gasteiger partial charge is 0.335 e. The van der Waals surface area contributed by atoms with Crippen LogP contribution in [0.2, 0.25) is 0 Å². The van der Waals surface area contributed by atoms with E-state index in [1.807, 2.05) is 0 Å². The summed E-state index contributed by atoms with van der Waals surface area (Å²) < 4.78 is 14.7. The molecule has 0 aliphatic rings. The van der Waals surface area contributed by atoms with Crippen LogP contribution in [0.25, 0.3) is 0 Å². The van der Waals surface area contributed by atoms with E-state index in [0.29, 0.717) is 5.56 Å². The second kappa shape index (κ2) is 3.19. The number of carbonyl (C=O) groups is 1. The Morgan fingerprint density at radius 1 is 1.55 bits per heavy atom. The fourth-order valence-corrected chi connectivity index (χ4v) is 0.779. The van der Waals surface area contributed by atoms with Crippen LogP contribution in [0.3, 0.4) is 0 Å². The Morgan fingerprint density at radius 3 is 2.45 bits per heavy atom. The Kier molecular flexibility index (Phi) is 1.55. The summed E-state index contributed by atoms with van der Waals surface area (Å²) in [4.78, 5) is 10.5. The third-order valence-electron chi connectivity index (χ3n) is 1.42. The molecule has 0 atom stereocenters. The van der Waals surface area contributed by atoms with E-state index in [1.165, 1.54) is 31.2 Å². The Bertz CT molecular complexity index is 311. The highest BCUT2D eigenvalue weighted by molar-refractivity contribution is 5.87. The molecule has 0 saturated heterocycles. The van der Waals surface area contributed by atoms with E-state index >= 15 is 0 Å². The van der Waals surface area contributed by atoms with Gasteiger partial charge in [0, 0.05) is 2.74 Å². The Labute approximate surface area is 68.3 Å². The van der Waals surface area contributed by atoms with Gasteiger partial charge in [-0.1, -0.05) is 19.1 Å². The standard InChI is InChI=1S/C9H10O2/c1-2-7-3-5-8(6-4-7)9(10)11/h3-6H,2H2,1H3,(H,10,11)/i2D2. The molecule has 58 valence electrons. The quantitative estimate of drug-likeness (QED) is 0.703. The van der Waals surface area contributed by atoms with Crippen molar-refractivity contribution in [2.45, 2.75) is 13.3 Å². The third kappa shape index (κ3) is 1.80. The number of benzene rings is 1. The average molecular weight is 152 g/mol. The zero-order valence-corrected chi connectivity index (χ0v) is 6.16. The van der Waals surface area contributed by atoms with Gasteiger partial charge in [-0.05, 0) is 24.1 Å². The fourth-order valence-electron chi connectivity index (χ4n) is 0.779. The van der Waals surface area contributed by atoms with Crippen molar-refractivity contribution < 1.29 is 12.6 Å². The summed E-state index contributed by atoms with van der Waals surface area (Å²) >= 11 is 0. The molecular weight excluding hydrogens is 140 g/mol. The summed E-state index contributed by atoms with van der Waals surface area (Å²) in [7, 11) is 0. The second-order valence-electron chi connectivity index (χ2n) is 2.13. The van der Waals surface area contributed by atoms with Crippen molar-refractivity contribution in [2.75, 3.05) is 0 Å². The Balaban J connectivity index is 3.01. The molecule has 0 fully saturated rings. The topological polar surface area (TPSA) is 37.3 Å². The van der Waals surface area contributed by atoms with Gasteiger partial charge in [0.1, 0.15) is 0 Å². The predicted molar refractivity (Wildman–Crippen MR) is 42.8 cm³/mol. The molecule has 11 heavy (non-hydrogen) atoms. The maximum atomic E-state index is 10.5. The van der Waals surface area contributed by atoms with Crippen molar-refractivity contribution in [3.8, 4) is 0 Å². The largest absolute Gasteiger partial charge is 0.478 e. The van der Waals surface area contributed by atoms with Gasteiger partial charge >= 0.3 is 5.97 Å². The van der Waals surface area contributed by atoms with E-state index < -0.39 is 12.3 Å². The van der Waals surface area contributed by atoms with Crippen molar-refractivity contribution in [3.63, 3.8) is 0 Å². The molecule has 0 spiro atoms. The van der Waals surface area contributed by atoms with Crippen LogP contribution >= 0.6 is 0 Å². The van der Waals surface area contributed by atoms with E-state index in [2.05, 4.69) is 0 Å². The SMILES string of the molecule is [2H]C([2H])(C)c1ccc(C(=O)O)cc1. The molecule has 1 N–H and O–H groups in total. The number of rotatable bonds is 2. The normalized spacial score (nSPS) is 13.5. The number of aromatic carboxylic acids is 1. The van der Waals surface area contributed by atoms with Crippen LogP contribution in [-0.2, 0) is 6.37 Å². The van der Waals surface area contributed by atoms with Crippen LogP contribution in [0.4, 0.5) is 0 Å². The van der Waals surface area contributed by atoms with Crippen molar-refractivity contribution in [1.82, 2.24) is 0 Å². The van der Waals surface area contributed by atoms with Crippen LogP contribution < -0.4 is 0 Å². The highest BCUT2D eigenvalue weighted by atomic mass is 16.4. The molecule has 2 heteroatoms. The van der Waals surface area contributed by atoms with Gasteiger partial charge in [0.05, 0.1) is 5.56 Å². The minimum atomic E-state index is -1.42. The van der Waals surface area contributed by atoms with Crippen molar-refractivity contribution in [3.05, 3.63) is 35.4 Å². The number of aryl methyl sites for hydroxylation is 1. The van der Waals surface area contributed by atoms with Gasteiger partial charge in [-0.25, -0.2) is 4.79 Å². The lowest BCUT2D eigenvalue weighted by atomic mass is 10.1. The zero-order chi connectivity index (χ0) is 10.1. The van der Waals surface area contributed by atoms with E-state index in [1.54, 1.807) is 0 Å². The van der Waals surface area contributed by atoms with Crippen molar-refractivity contribution in [1.29, 1.82) is 0 Å². The second-order valence-corrected chi connectivity index (χ2v) is 2.13. The average Bonchev–Trinajstić information content (AvgIpc) is 2.03. The third-order valence-corrected chi connectivity index (χ3v) is 1.42. The van der Waals surface area contributed by atoms with Crippen LogP contribution in [-0.4, -0.2) is 11.1 Å². The van der Waals surface area contributed by atoms with Gasteiger partial charge < -0.3 is 5.11 Å². The minimum absolute atomic E-state index is 0.174. The first-order valence-electron chi connectivity index (χ1n) is 4.25. The molecule has 0 bridgehead atoms. The zero-order valence-electron chi connectivity index (χ0n) is 8.16.